The van der Waals surface area contributed by atoms with Gasteiger partial charge in [-0.2, -0.15) is 0 Å². The highest BCUT2D eigenvalue weighted by Crippen LogP contribution is 2.31. The molecule has 22 heavy (non-hydrogen) atoms. The van der Waals surface area contributed by atoms with Crippen molar-refractivity contribution in [3.63, 3.8) is 0 Å². The average molecular weight is 300 g/mol. The molecule has 2 fully saturated rings. The van der Waals surface area contributed by atoms with Gasteiger partial charge in [0.2, 0.25) is 0 Å². The van der Waals surface area contributed by atoms with Crippen molar-refractivity contribution in [1.82, 2.24) is 29.6 Å². The molecule has 2 aliphatic heterocycles. The van der Waals surface area contributed by atoms with Crippen molar-refractivity contribution in [3.8, 4) is 0 Å². The molecule has 1 amide bonds. The SMILES string of the molecule is O=C(c1ccncn1)N1CC(n2cnnc2C2CCCO2)C1. The van der Waals surface area contributed by atoms with Gasteiger partial charge in [0.25, 0.3) is 5.91 Å². The van der Waals surface area contributed by atoms with Gasteiger partial charge in [-0.05, 0) is 18.9 Å². The zero-order valence-corrected chi connectivity index (χ0v) is 12.0. The van der Waals surface area contributed by atoms with E-state index in [1.165, 1.54) is 6.33 Å². The first-order valence-electron chi connectivity index (χ1n) is 7.39. The molecule has 2 aromatic heterocycles. The Morgan fingerprint density at radius 1 is 1.36 bits per heavy atom. The van der Waals surface area contributed by atoms with E-state index < -0.39 is 0 Å². The van der Waals surface area contributed by atoms with E-state index in [0.29, 0.717) is 18.8 Å². The van der Waals surface area contributed by atoms with Crippen LogP contribution in [0.4, 0.5) is 0 Å². The topological polar surface area (TPSA) is 86.0 Å². The van der Waals surface area contributed by atoms with Crippen LogP contribution in [0.3, 0.4) is 0 Å². The minimum atomic E-state index is -0.0645. The molecule has 114 valence electrons. The predicted molar refractivity (Wildman–Crippen MR) is 74.9 cm³/mol. The third-order valence-corrected chi connectivity index (χ3v) is 4.16. The minimum Gasteiger partial charge on any atom is -0.370 e. The highest BCUT2D eigenvalue weighted by Gasteiger charge is 2.36. The normalized spacial score (nSPS) is 21.8. The second kappa shape index (κ2) is 5.45. The zero-order chi connectivity index (χ0) is 14.9. The Bertz CT molecular complexity index is 661. The first-order valence-corrected chi connectivity index (χ1v) is 7.39. The molecule has 0 bridgehead atoms. The number of nitrogens with zero attached hydrogens (tertiary/aromatic N) is 6. The second-order valence-corrected chi connectivity index (χ2v) is 5.56. The van der Waals surface area contributed by atoms with Crippen molar-refractivity contribution in [2.45, 2.75) is 25.0 Å². The summed E-state index contributed by atoms with van der Waals surface area (Å²) in [7, 11) is 0. The summed E-state index contributed by atoms with van der Waals surface area (Å²) in [5.41, 5.74) is 0.427. The van der Waals surface area contributed by atoms with Crippen molar-refractivity contribution in [3.05, 3.63) is 36.4 Å². The van der Waals surface area contributed by atoms with Crippen molar-refractivity contribution in [1.29, 1.82) is 0 Å². The number of likely N-dealkylation sites (tertiary alicyclic amines) is 1. The number of rotatable bonds is 3. The maximum absolute atomic E-state index is 12.3. The molecular weight excluding hydrogens is 284 g/mol. The maximum Gasteiger partial charge on any atom is 0.272 e. The third kappa shape index (κ3) is 2.25. The number of carbonyl (C=O) groups excluding carboxylic acids is 1. The van der Waals surface area contributed by atoms with E-state index in [0.717, 1.165) is 25.3 Å². The van der Waals surface area contributed by atoms with Crippen LogP contribution in [0.1, 0.15) is 41.3 Å². The van der Waals surface area contributed by atoms with Crippen LogP contribution in [0.5, 0.6) is 0 Å². The van der Waals surface area contributed by atoms with E-state index >= 15 is 0 Å². The monoisotopic (exact) mass is 300 g/mol. The molecule has 0 saturated carbocycles. The molecule has 2 aromatic rings. The molecule has 2 saturated heterocycles. The molecule has 0 aromatic carbocycles. The van der Waals surface area contributed by atoms with Gasteiger partial charge in [0.1, 0.15) is 24.5 Å². The van der Waals surface area contributed by atoms with Crippen LogP contribution in [-0.2, 0) is 4.74 Å². The van der Waals surface area contributed by atoms with Gasteiger partial charge in [-0.15, -0.1) is 10.2 Å². The summed E-state index contributed by atoms with van der Waals surface area (Å²) >= 11 is 0. The Balaban J connectivity index is 1.43. The number of hydrogen-bond acceptors (Lipinski definition) is 6. The highest BCUT2D eigenvalue weighted by atomic mass is 16.5. The number of carbonyl (C=O) groups is 1. The standard InChI is InChI=1S/C14H16N6O2/c21-14(11-3-4-15-8-16-11)19-6-10(7-19)20-9-17-18-13(20)12-2-1-5-22-12/h3-4,8-10,12H,1-2,5-7H2. The Morgan fingerprint density at radius 3 is 3.00 bits per heavy atom. The number of ether oxygens (including phenoxy) is 1. The molecule has 8 heteroatoms. The van der Waals surface area contributed by atoms with Crippen LogP contribution in [0.25, 0.3) is 0 Å². The van der Waals surface area contributed by atoms with Crippen LogP contribution in [-0.4, -0.2) is 55.2 Å². The molecule has 0 aliphatic carbocycles. The molecule has 0 N–H and O–H groups in total. The molecule has 0 radical (unpaired) electrons. The number of aromatic nitrogens is 5. The van der Waals surface area contributed by atoms with Crippen molar-refractivity contribution in [2.75, 3.05) is 19.7 Å². The summed E-state index contributed by atoms with van der Waals surface area (Å²) in [6.45, 7) is 2.06. The van der Waals surface area contributed by atoms with Gasteiger partial charge in [-0.3, -0.25) is 4.79 Å². The average Bonchev–Trinajstić information content (AvgIpc) is 3.17. The lowest BCUT2D eigenvalue weighted by molar-refractivity contribution is 0.0478. The molecule has 4 rings (SSSR count). The Morgan fingerprint density at radius 2 is 2.27 bits per heavy atom. The number of hydrogen-bond donors (Lipinski definition) is 0. The minimum absolute atomic E-state index is 0.0362. The fraction of sp³-hybridized carbons (Fsp3) is 0.500. The van der Waals surface area contributed by atoms with E-state index in [2.05, 4.69) is 20.2 Å². The van der Waals surface area contributed by atoms with Gasteiger partial charge >= 0.3 is 0 Å². The third-order valence-electron chi connectivity index (χ3n) is 4.16. The molecule has 8 nitrogen and oxygen atoms in total. The fourth-order valence-corrected chi connectivity index (χ4v) is 2.92. The van der Waals surface area contributed by atoms with E-state index in [9.17, 15) is 4.79 Å². The smallest absolute Gasteiger partial charge is 0.272 e. The first-order chi connectivity index (χ1) is 10.8. The van der Waals surface area contributed by atoms with Gasteiger partial charge in [0.15, 0.2) is 5.82 Å². The second-order valence-electron chi connectivity index (χ2n) is 5.56. The van der Waals surface area contributed by atoms with E-state index in [1.807, 2.05) is 4.57 Å². The van der Waals surface area contributed by atoms with Gasteiger partial charge in [0, 0.05) is 25.9 Å². The first kappa shape index (κ1) is 13.3. The van der Waals surface area contributed by atoms with Crippen LogP contribution < -0.4 is 0 Å². The van der Waals surface area contributed by atoms with Crippen LogP contribution in [0, 0.1) is 0 Å². The lowest BCUT2D eigenvalue weighted by atomic mass is 10.1. The summed E-state index contributed by atoms with van der Waals surface area (Å²) in [5.74, 6) is 0.807. The predicted octanol–water partition coefficient (Wildman–Crippen LogP) is 0.617. The lowest BCUT2D eigenvalue weighted by Gasteiger charge is -2.40. The Labute approximate surface area is 127 Å². The molecular formula is C14H16N6O2. The zero-order valence-electron chi connectivity index (χ0n) is 12.0. The van der Waals surface area contributed by atoms with Crippen LogP contribution in [0.2, 0.25) is 0 Å². The summed E-state index contributed by atoms with van der Waals surface area (Å²) in [6, 6.07) is 1.84. The molecule has 2 aliphatic rings. The van der Waals surface area contributed by atoms with Gasteiger partial charge in [-0.25, -0.2) is 9.97 Å². The summed E-state index contributed by atoms with van der Waals surface area (Å²) in [5, 5.41) is 8.20. The number of amides is 1. The van der Waals surface area contributed by atoms with Gasteiger partial charge < -0.3 is 14.2 Å². The summed E-state index contributed by atoms with van der Waals surface area (Å²) < 4.78 is 7.72. The van der Waals surface area contributed by atoms with Crippen molar-refractivity contribution < 1.29 is 9.53 Å². The van der Waals surface area contributed by atoms with Crippen molar-refractivity contribution in [2.24, 2.45) is 0 Å². The molecule has 0 spiro atoms. The molecule has 1 atom stereocenters. The Kier molecular flexibility index (Phi) is 3.30. The summed E-state index contributed by atoms with van der Waals surface area (Å²) in [6.07, 6.45) is 6.77. The maximum atomic E-state index is 12.3. The van der Waals surface area contributed by atoms with Gasteiger partial charge in [-0.1, -0.05) is 0 Å². The quantitative estimate of drug-likeness (QED) is 0.826. The Hall–Kier alpha value is -2.35. The fourth-order valence-electron chi connectivity index (χ4n) is 2.92. The highest BCUT2D eigenvalue weighted by molar-refractivity contribution is 5.92. The van der Waals surface area contributed by atoms with Gasteiger partial charge in [0.05, 0.1) is 6.04 Å². The van der Waals surface area contributed by atoms with Crippen LogP contribution in [0.15, 0.2) is 24.9 Å². The molecule has 4 heterocycles. The van der Waals surface area contributed by atoms with E-state index in [-0.39, 0.29) is 18.1 Å². The van der Waals surface area contributed by atoms with E-state index in [1.54, 1.807) is 23.5 Å². The van der Waals surface area contributed by atoms with Crippen LogP contribution >= 0.6 is 0 Å². The molecule has 1 unspecified atom stereocenters. The lowest BCUT2D eigenvalue weighted by Crippen LogP contribution is -2.51. The van der Waals surface area contributed by atoms with Crippen molar-refractivity contribution >= 4 is 5.91 Å². The van der Waals surface area contributed by atoms with E-state index in [4.69, 9.17) is 4.74 Å². The largest absolute Gasteiger partial charge is 0.370 e. The summed E-state index contributed by atoms with van der Waals surface area (Å²) in [4.78, 5) is 21.8.